The summed E-state index contributed by atoms with van der Waals surface area (Å²) in [7, 11) is 0. The zero-order valence-corrected chi connectivity index (χ0v) is 24.7. The second-order valence-electron chi connectivity index (χ2n) is 11.5. The lowest BCUT2D eigenvalue weighted by Crippen LogP contribution is -2.30. The van der Waals surface area contributed by atoms with Crippen LogP contribution < -0.4 is 4.90 Å². The van der Waals surface area contributed by atoms with Crippen molar-refractivity contribution >= 4 is 61.1 Å². The molecular weight excluding hydrogens is 582 g/mol. The molecule has 0 saturated heterocycles. The topological polar surface area (TPSA) is 94.8 Å². The van der Waals surface area contributed by atoms with Crippen LogP contribution in [0.5, 0.6) is 0 Å². The van der Waals surface area contributed by atoms with Crippen molar-refractivity contribution in [1.82, 2.24) is 9.13 Å². The normalized spacial score (nSPS) is 12.7. The van der Waals surface area contributed by atoms with Crippen LogP contribution in [0.3, 0.4) is 0 Å². The maximum absolute atomic E-state index is 13.5. The van der Waals surface area contributed by atoms with Gasteiger partial charge in [-0.2, -0.15) is 10.5 Å². The van der Waals surface area contributed by atoms with Crippen molar-refractivity contribution in [1.29, 1.82) is 10.5 Å². The fraction of sp³-hybridized carbons (Fsp3) is 0. The summed E-state index contributed by atoms with van der Waals surface area (Å²) in [6.07, 6.45) is 0. The molecule has 0 N–H and O–H groups in total. The van der Waals surface area contributed by atoms with Crippen molar-refractivity contribution in [2.45, 2.75) is 0 Å². The molecule has 1 aliphatic heterocycles. The van der Waals surface area contributed by atoms with Gasteiger partial charge in [0.05, 0.1) is 56.1 Å². The minimum Gasteiger partial charge on any atom is -0.309 e. The summed E-state index contributed by atoms with van der Waals surface area (Å²) in [5.74, 6) is -0.891. The van der Waals surface area contributed by atoms with Gasteiger partial charge in [-0.05, 0) is 78.9 Å². The fourth-order valence-electron chi connectivity index (χ4n) is 7.11. The average Bonchev–Trinajstić information content (AvgIpc) is 3.73. The Labute approximate surface area is 267 Å². The third-order valence-electron chi connectivity index (χ3n) is 9.12. The SMILES string of the molecule is N#Cc1ccc(-n2c3ccccc3c3c4c5ccccc5n(-c5ccc(C#N)c(N6C(=O)c7ccccc7C6=O)c5)c4ccc32)cc1. The maximum atomic E-state index is 13.5. The van der Waals surface area contributed by atoms with Crippen LogP contribution in [0.2, 0.25) is 0 Å². The van der Waals surface area contributed by atoms with E-state index in [0.29, 0.717) is 16.7 Å². The maximum Gasteiger partial charge on any atom is 0.266 e. The first-order valence-electron chi connectivity index (χ1n) is 15.1. The molecule has 0 aliphatic carbocycles. The Morgan fingerprint density at radius 1 is 0.489 bits per heavy atom. The predicted molar refractivity (Wildman–Crippen MR) is 182 cm³/mol. The van der Waals surface area contributed by atoms with E-state index in [4.69, 9.17) is 0 Å². The molecular formula is C40H21N5O2. The number of rotatable bonds is 3. The molecule has 2 amide bonds. The minimum absolute atomic E-state index is 0.233. The van der Waals surface area contributed by atoms with Gasteiger partial charge in [-0.1, -0.05) is 48.5 Å². The number of hydrogen-bond acceptors (Lipinski definition) is 4. The number of carbonyl (C=O) groups excluding carboxylic acids is 2. The van der Waals surface area contributed by atoms with Crippen molar-refractivity contribution in [3.05, 3.63) is 150 Å². The van der Waals surface area contributed by atoms with Crippen LogP contribution in [-0.2, 0) is 0 Å². The highest BCUT2D eigenvalue weighted by Gasteiger charge is 2.37. The van der Waals surface area contributed by atoms with Gasteiger partial charge in [0.2, 0.25) is 0 Å². The highest BCUT2D eigenvalue weighted by Crippen LogP contribution is 2.43. The Morgan fingerprint density at radius 2 is 1.00 bits per heavy atom. The van der Waals surface area contributed by atoms with E-state index in [0.717, 1.165) is 59.9 Å². The van der Waals surface area contributed by atoms with Crippen molar-refractivity contribution < 1.29 is 9.59 Å². The second kappa shape index (κ2) is 9.77. The number of aromatic nitrogens is 2. The molecule has 0 bridgehead atoms. The molecule has 3 heterocycles. The van der Waals surface area contributed by atoms with Gasteiger partial charge in [0.1, 0.15) is 6.07 Å². The van der Waals surface area contributed by atoms with Crippen molar-refractivity contribution in [3.63, 3.8) is 0 Å². The molecule has 0 radical (unpaired) electrons. The number of imide groups is 1. The zero-order valence-electron chi connectivity index (χ0n) is 24.7. The van der Waals surface area contributed by atoms with Gasteiger partial charge < -0.3 is 9.13 Å². The average molecular weight is 604 g/mol. The summed E-state index contributed by atoms with van der Waals surface area (Å²) in [6, 6.07) is 44.7. The summed E-state index contributed by atoms with van der Waals surface area (Å²) in [4.78, 5) is 28.1. The molecule has 8 aromatic rings. The predicted octanol–water partition coefficient (Wildman–Crippen LogP) is 8.42. The number of anilines is 1. The van der Waals surface area contributed by atoms with Crippen molar-refractivity contribution in [3.8, 4) is 23.5 Å². The Balaban J connectivity index is 1.33. The van der Waals surface area contributed by atoms with E-state index in [-0.39, 0.29) is 11.3 Å². The number of nitrogens with zero attached hydrogens (tertiary/aromatic N) is 5. The first-order chi connectivity index (χ1) is 23.1. The van der Waals surface area contributed by atoms with Crippen LogP contribution in [0.25, 0.3) is 55.0 Å². The van der Waals surface area contributed by atoms with E-state index in [9.17, 15) is 20.1 Å². The fourth-order valence-corrected chi connectivity index (χ4v) is 7.11. The van der Waals surface area contributed by atoms with Crippen LogP contribution in [0.4, 0.5) is 5.69 Å². The Hall–Kier alpha value is -6.96. The number of benzene rings is 6. The number of nitriles is 2. The molecule has 218 valence electrons. The lowest BCUT2D eigenvalue weighted by Gasteiger charge is -2.18. The van der Waals surface area contributed by atoms with Gasteiger partial charge in [-0.25, -0.2) is 4.90 Å². The standard InChI is InChI=1S/C40H21N5O2/c41-22-24-13-16-26(17-14-24)43-32-11-5-3-9-30(32)37-34(43)19-20-35-38(37)31-10-4-6-12-33(31)44(35)27-18-15-25(23-42)36(21-27)45-39(46)28-7-1-2-8-29(28)40(45)47/h1-21H. The molecule has 0 unspecified atom stereocenters. The summed E-state index contributed by atoms with van der Waals surface area (Å²) < 4.78 is 4.35. The first kappa shape index (κ1) is 26.4. The van der Waals surface area contributed by atoms with Crippen LogP contribution in [0, 0.1) is 22.7 Å². The van der Waals surface area contributed by atoms with Crippen molar-refractivity contribution in [2.24, 2.45) is 0 Å². The Bertz CT molecular complexity index is 2720. The minimum atomic E-state index is -0.446. The number of amides is 2. The van der Waals surface area contributed by atoms with Crippen LogP contribution in [-0.4, -0.2) is 20.9 Å². The van der Waals surface area contributed by atoms with E-state index >= 15 is 0 Å². The molecule has 47 heavy (non-hydrogen) atoms. The van der Waals surface area contributed by atoms with Crippen LogP contribution >= 0.6 is 0 Å². The molecule has 2 aromatic heterocycles. The van der Waals surface area contributed by atoms with E-state index < -0.39 is 11.8 Å². The smallest absolute Gasteiger partial charge is 0.266 e. The second-order valence-corrected chi connectivity index (χ2v) is 11.5. The third-order valence-corrected chi connectivity index (χ3v) is 9.12. The van der Waals surface area contributed by atoms with Crippen molar-refractivity contribution in [2.75, 3.05) is 4.90 Å². The van der Waals surface area contributed by atoms with E-state index in [1.54, 1.807) is 36.4 Å². The molecule has 0 atom stereocenters. The molecule has 7 heteroatoms. The summed E-state index contributed by atoms with van der Waals surface area (Å²) in [6.45, 7) is 0. The van der Waals surface area contributed by atoms with Gasteiger partial charge in [-0.3, -0.25) is 9.59 Å². The molecule has 1 aliphatic rings. The first-order valence-corrected chi connectivity index (χ1v) is 15.1. The summed E-state index contributed by atoms with van der Waals surface area (Å²) in [5, 5.41) is 23.7. The Morgan fingerprint density at radius 3 is 1.55 bits per heavy atom. The lowest BCUT2D eigenvalue weighted by molar-refractivity contribution is 0.0926. The van der Waals surface area contributed by atoms with Gasteiger partial charge in [-0.15, -0.1) is 0 Å². The lowest BCUT2D eigenvalue weighted by atomic mass is 10.1. The highest BCUT2D eigenvalue weighted by atomic mass is 16.2. The number of para-hydroxylation sites is 2. The largest absolute Gasteiger partial charge is 0.309 e. The molecule has 9 rings (SSSR count). The third kappa shape index (κ3) is 3.60. The molecule has 0 spiro atoms. The number of carbonyl (C=O) groups is 2. The highest BCUT2D eigenvalue weighted by molar-refractivity contribution is 6.35. The summed E-state index contributed by atoms with van der Waals surface area (Å²) >= 11 is 0. The molecule has 0 saturated carbocycles. The van der Waals surface area contributed by atoms with Gasteiger partial charge in [0, 0.05) is 32.9 Å². The van der Waals surface area contributed by atoms with Crippen LogP contribution in [0.1, 0.15) is 31.8 Å². The van der Waals surface area contributed by atoms with Gasteiger partial charge in [0.25, 0.3) is 11.8 Å². The van der Waals surface area contributed by atoms with E-state index in [2.05, 4.69) is 57.7 Å². The van der Waals surface area contributed by atoms with Gasteiger partial charge in [0.15, 0.2) is 0 Å². The number of hydrogen-bond donors (Lipinski definition) is 0. The number of fused-ring (bicyclic) bond motifs is 8. The van der Waals surface area contributed by atoms with Gasteiger partial charge >= 0.3 is 0 Å². The summed E-state index contributed by atoms with van der Waals surface area (Å²) in [5.41, 5.74) is 7.37. The van der Waals surface area contributed by atoms with E-state index in [1.807, 2.05) is 54.6 Å². The zero-order chi connectivity index (χ0) is 31.8. The molecule has 7 nitrogen and oxygen atoms in total. The monoisotopic (exact) mass is 603 g/mol. The van der Waals surface area contributed by atoms with Crippen LogP contribution in [0.15, 0.2) is 127 Å². The molecule has 6 aromatic carbocycles. The molecule has 0 fully saturated rings. The quantitative estimate of drug-likeness (QED) is 0.189. The van der Waals surface area contributed by atoms with E-state index in [1.165, 1.54) is 0 Å². The Kier molecular flexibility index (Phi) is 5.50.